The van der Waals surface area contributed by atoms with Gasteiger partial charge in [-0.05, 0) is 17.7 Å². The van der Waals surface area contributed by atoms with Crippen LogP contribution in [0.5, 0.6) is 0 Å². The highest BCUT2D eigenvalue weighted by molar-refractivity contribution is 5.92. The van der Waals surface area contributed by atoms with E-state index < -0.39 is 0 Å². The quantitative estimate of drug-likeness (QED) is 0.752. The predicted octanol–water partition coefficient (Wildman–Crippen LogP) is 1.86. The average molecular weight is 361 g/mol. The van der Waals surface area contributed by atoms with Crippen LogP contribution in [0.1, 0.15) is 32.4 Å². The lowest BCUT2D eigenvalue weighted by Gasteiger charge is -2.27. The second-order valence-electron chi connectivity index (χ2n) is 6.36. The normalized spacial score (nSPS) is 13.3. The first kappa shape index (κ1) is 17.0. The summed E-state index contributed by atoms with van der Waals surface area (Å²) in [6, 6.07) is 15.1. The molecule has 0 radical (unpaired) electrons. The van der Waals surface area contributed by atoms with Gasteiger partial charge in [0.25, 0.3) is 11.8 Å². The molecule has 0 saturated heterocycles. The highest BCUT2D eigenvalue weighted by atomic mass is 16.2. The number of carbonyl (C=O) groups excluding carboxylic acids is 2. The summed E-state index contributed by atoms with van der Waals surface area (Å²) in [5, 5.41) is 2.79. The van der Waals surface area contributed by atoms with Crippen molar-refractivity contribution in [2.45, 2.75) is 19.6 Å². The van der Waals surface area contributed by atoms with Crippen molar-refractivity contribution in [1.29, 1.82) is 0 Å². The Morgan fingerprint density at radius 2 is 1.89 bits per heavy atom. The van der Waals surface area contributed by atoms with Crippen molar-refractivity contribution in [1.82, 2.24) is 24.8 Å². The van der Waals surface area contributed by atoms with E-state index >= 15 is 0 Å². The molecule has 27 heavy (non-hydrogen) atoms. The van der Waals surface area contributed by atoms with Crippen molar-refractivity contribution in [2.75, 3.05) is 6.54 Å². The van der Waals surface area contributed by atoms with Gasteiger partial charge in [-0.15, -0.1) is 0 Å². The Labute approximate surface area is 156 Å². The number of carbonyl (C=O) groups is 2. The number of aromatic nitrogens is 3. The van der Waals surface area contributed by atoms with Gasteiger partial charge in [0, 0.05) is 32.0 Å². The number of nitrogens with zero attached hydrogens (tertiary/aromatic N) is 4. The minimum absolute atomic E-state index is 0.0904. The molecule has 1 N–H and O–H groups in total. The third kappa shape index (κ3) is 3.72. The molecule has 4 rings (SSSR count). The van der Waals surface area contributed by atoms with Crippen LogP contribution >= 0.6 is 0 Å². The number of nitrogens with one attached hydrogen (secondary N) is 1. The Bertz CT molecular complexity index is 953. The van der Waals surface area contributed by atoms with E-state index in [2.05, 4.69) is 15.3 Å². The zero-order valence-electron chi connectivity index (χ0n) is 14.7. The van der Waals surface area contributed by atoms with E-state index in [-0.39, 0.29) is 18.4 Å². The molecule has 0 bridgehead atoms. The third-order valence-electron chi connectivity index (χ3n) is 4.46. The molecule has 2 aromatic heterocycles. The lowest BCUT2D eigenvalue weighted by molar-refractivity contribution is 0.0683. The molecule has 0 saturated carbocycles. The number of imidazole rings is 1. The summed E-state index contributed by atoms with van der Waals surface area (Å²) in [4.78, 5) is 35.1. The molecule has 0 fully saturated rings. The number of rotatable bonds is 5. The molecule has 1 aliphatic heterocycles. The molecule has 3 heterocycles. The first-order chi connectivity index (χ1) is 13.2. The van der Waals surface area contributed by atoms with Gasteiger partial charge >= 0.3 is 0 Å². The first-order valence-corrected chi connectivity index (χ1v) is 8.79. The molecule has 0 spiro atoms. The van der Waals surface area contributed by atoms with Gasteiger partial charge in [-0.2, -0.15) is 0 Å². The molecule has 136 valence electrons. The molecular weight excluding hydrogens is 342 g/mol. The van der Waals surface area contributed by atoms with Crippen LogP contribution in [0, 0.1) is 0 Å². The number of hydrogen-bond acceptors (Lipinski definition) is 4. The fraction of sp³-hybridized carbons (Fsp3) is 0.200. The van der Waals surface area contributed by atoms with Gasteiger partial charge < -0.3 is 14.8 Å². The molecule has 0 atom stereocenters. The van der Waals surface area contributed by atoms with E-state index in [0.29, 0.717) is 36.8 Å². The summed E-state index contributed by atoms with van der Waals surface area (Å²) in [5.41, 5.74) is 2.10. The van der Waals surface area contributed by atoms with Crippen LogP contribution in [-0.2, 0) is 19.6 Å². The lowest BCUT2D eigenvalue weighted by Crippen LogP contribution is -2.39. The fourth-order valence-corrected chi connectivity index (χ4v) is 3.08. The Balaban J connectivity index is 1.42. The van der Waals surface area contributed by atoms with Crippen molar-refractivity contribution in [3.8, 4) is 0 Å². The van der Waals surface area contributed by atoms with E-state index in [9.17, 15) is 9.59 Å². The number of benzene rings is 1. The molecule has 1 aliphatic rings. The third-order valence-corrected chi connectivity index (χ3v) is 4.46. The molecule has 0 aliphatic carbocycles. The topological polar surface area (TPSA) is 80.1 Å². The van der Waals surface area contributed by atoms with E-state index in [1.54, 1.807) is 29.3 Å². The van der Waals surface area contributed by atoms with Gasteiger partial charge in [-0.25, -0.2) is 4.98 Å². The maximum Gasteiger partial charge on any atom is 0.290 e. The van der Waals surface area contributed by atoms with Gasteiger partial charge in [-0.3, -0.25) is 14.6 Å². The second-order valence-corrected chi connectivity index (χ2v) is 6.36. The summed E-state index contributed by atoms with van der Waals surface area (Å²) >= 11 is 0. The first-order valence-electron chi connectivity index (χ1n) is 8.79. The van der Waals surface area contributed by atoms with Gasteiger partial charge in [0.1, 0.15) is 5.69 Å². The molecular formula is C20H19N5O2. The van der Waals surface area contributed by atoms with Crippen LogP contribution < -0.4 is 5.32 Å². The van der Waals surface area contributed by atoms with Crippen molar-refractivity contribution >= 4 is 11.8 Å². The molecule has 2 amide bonds. The lowest BCUT2D eigenvalue weighted by atomic mass is 10.2. The van der Waals surface area contributed by atoms with E-state index in [4.69, 9.17) is 0 Å². The largest absolute Gasteiger partial charge is 0.345 e. The fourth-order valence-electron chi connectivity index (χ4n) is 3.08. The van der Waals surface area contributed by atoms with Crippen LogP contribution in [0.4, 0.5) is 0 Å². The Morgan fingerprint density at radius 3 is 2.67 bits per heavy atom. The van der Waals surface area contributed by atoms with Crippen LogP contribution in [0.3, 0.4) is 0 Å². The predicted molar refractivity (Wildman–Crippen MR) is 98.8 cm³/mol. The van der Waals surface area contributed by atoms with Crippen molar-refractivity contribution in [2.24, 2.45) is 0 Å². The zero-order valence-corrected chi connectivity index (χ0v) is 14.7. The summed E-state index contributed by atoms with van der Waals surface area (Å²) in [6.07, 6.45) is 3.40. The van der Waals surface area contributed by atoms with Crippen LogP contribution in [0.25, 0.3) is 0 Å². The van der Waals surface area contributed by atoms with Crippen LogP contribution in [0.2, 0.25) is 0 Å². The number of amides is 2. The van der Waals surface area contributed by atoms with Gasteiger partial charge in [-0.1, -0.05) is 36.4 Å². The molecule has 0 unspecified atom stereocenters. The summed E-state index contributed by atoms with van der Waals surface area (Å²) in [5.74, 6) is 0.0604. The highest BCUT2D eigenvalue weighted by Gasteiger charge is 2.27. The monoisotopic (exact) mass is 361 g/mol. The van der Waals surface area contributed by atoms with Gasteiger partial charge in [0.05, 0.1) is 12.2 Å². The molecule has 1 aromatic carbocycles. The SMILES string of the molecule is O=C(NCc1cn2c(n1)C(=O)N(Cc1ccccc1)CC2)c1ccccn1. The minimum atomic E-state index is -0.265. The number of pyridine rings is 1. The molecule has 7 heteroatoms. The van der Waals surface area contributed by atoms with Crippen molar-refractivity contribution < 1.29 is 9.59 Å². The van der Waals surface area contributed by atoms with Crippen LogP contribution in [-0.4, -0.2) is 37.8 Å². The van der Waals surface area contributed by atoms with Crippen molar-refractivity contribution in [3.05, 3.63) is 83.7 Å². The Hall–Kier alpha value is -3.48. The van der Waals surface area contributed by atoms with Crippen LogP contribution in [0.15, 0.2) is 60.9 Å². The highest BCUT2D eigenvalue weighted by Crippen LogP contribution is 2.16. The number of hydrogen-bond donors (Lipinski definition) is 1. The van der Waals surface area contributed by atoms with E-state index in [0.717, 1.165) is 5.56 Å². The van der Waals surface area contributed by atoms with E-state index in [1.807, 2.05) is 41.1 Å². The summed E-state index contributed by atoms with van der Waals surface area (Å²) < 4.78 is 1.85. The standard InChI is InChI=1S/C20H19N5O2/c26-19(17-8-4-5-9-21-17)22-12-16-14-24-10-11-25(20(27)18(24)23-16)13-15-6-2-1-3-7-15/h1-9,14H,10-13H2,(H,22,26). The smallest absolute Gasteiger partial charge is 0.290 e. The van der Waals surface area contributed by atoms with Gasteiger partial charge in [0.15, 0.2) is 5.82 Å². The Kier molecular flexibility index (Phi) is 4.65. The minimum Gasteiger partial charge on any atom is -0.345 e. The second kappa shape index (κ2) is 7.41. The average Bonchev–Trinajstić information content (AvgIpc) is 3.14. The summed E-state index contributed by atoms with van der Waals surface area (Å²) in [7, 11) is 0. The Morgan fingerprint density at radius 1 is 1.07 bits per heavy atom. The number of fused-ring (bicyclic) bond motifs is 1. The maximum absolute atomic E-state index is 12.7. The van der Waals surface area contributed by atoms with Gasteiger partial charge in [0.2, 0.25) is 0 Å². The van der Waals surface area contributed by atoms with E-state index in [1.165, 1.54) is 0 Å². The maximum atomic E-state index is 12.7. The van der Waals surface area contributed by atoms with Crippen molar-refractivity contribution in [3.63, 3.8) is 0 Å². The molecule has 3 aromatic rings. The summed E-state index contributed by atoms with van der Waals surface area (Å²) in [6.45, 7) is 2.14. The zero-order chi connectivity index (χ0) is 18.6. The molecule has 7 nitrogen and oxygen atoms in total.